The van der Waals surface area contributed by atoms with Gasteiger partial charge in [0.2, 0.25) is 0 Å². The summed E-state index contributed by atoms with van der Waals surface area (Å²) in [7, 11) is 1.70. The van der Waals surface area contributed by atoms with E-state index < -0.39 is 11.7 Å². The maximum absolute atomic E-state index is 13.3. The zero-order valence-electron chi connectivity index (χ0n) is 18.3. The topological polar surface area (TPSA) is 73.9 Å². The predicted molar refractivity (Wildman–Crippen MR) is 115 cm³/mol. The molecule has 1 aliphatic carbocycles. The van der Waals surface area contributed by atoms with Gasteiger partial charge in [0.25, 0.3) is 5.91 Å². The number of rotatable bonds is 6. The van der Waals surface area contributed by atoms with E-state index in [4.69, 9.17) is 14.2 Å². The zero-order valence-corrected chi connectivity index (χ0v) is 18.3. The Morgan fingerprint density at radius 3 is 2.60 bits per heavy atom. The molecule has 6 nitrogen and oxygen atoms in total. The van der Waals surface area contributed by atoms with Gasteiger partial charge < -0.3 is 19.5 Å². The third-order valence-corrected chi connectivity index (χ3v) is 6.06. The van der Waals surface area contributed by atoms with Crippen LogP contribution in [0.2, 0.25) is 0 Å². The molecule has 0 radical (unpaired) electrons. The molecule has 6 heteroatoms. The molecular formula is C24H31NO5. The summed E-state index contributed by atoms with van der Waals surface area (Å²) >= 11 is 0. The second kappa shape index (κ2) is 9.04. The van der Waals surface area contributed by atoms with Crippen LogP contribution in [0.15, 0.2) is 30.5 Å². The zero-order chi connectivity index (χ0) is 21.9. The van der Waals surface area contributed by atoms with E-state index in [9.17, 15) is 9.59 Å². The first kappa shape index (κ1) is 22.1. The number of nitrogens with one attached hydrogen (secondary N) is 1. The molecule has 1 amide bonds. The first-order valence-corrected chi connectivity index (χ1v) is 10.5. The summed E-state index contributed by atoms with van der Waals surface area (Å²) in [5, 5.41) is 3.15. The van der Waals surface area contributed by atoms with E-state index in [-0.39, 0.29) is 18.6 Å². The summed E-state index contributed by atoms with van der Waals surface area (Å²) in [4.78, 5) is 25.7. The van der Waals surface area contributed by atoms with E-state index in [2.05, 4.69) is 31.0 Å². The van der Waals surface area contributed by atoms with Crippen LogP contribution in [0.1, 0.15) is 54.9 Å². The Bertz CT molecular complexity index is 878. The van der Waals surface area contributed by atoms with Crippen LogP contribution in [0.4, 0.5) is 4.79 Å². The Morgan fingerprint density at radius 1 is 1.30 bits per heavy atom. The molecule has 1 aromatic carbocycles. The van der Waals surface area contributed by atoms with Crippen molar-refractivity contribution in [1.82, 2.24) is 5.32 Å². The lowest BCUT2D eigenvalue weighted by Gasteiger charge is -2.37. The van der Waals surface area contributed by atoms with Crippen LogP contribution in [0, 0.1) is 13.8 Å². The Morgan fingerprint density at radius 2 is 2.00 bits per heavy atom. The van der Waals surface area contributed by atoms with Gasteiger partial charge in [-0.2, -0.15) is 0 Å². The summed E-state index contributed by atoms with van der Waals surface area (Å²) in [6, 6.07) is 4.14. The highest BCUT2D eigenvalue weighted by Gasteiger charge is 2.50. The summed E-state index contributed by atoms with van der Waals surface area (Å²) in [5.74, 6) is 0.164. The van der Waals surface area contributed by atoms with Crippen molar-refractivity contribution in [1.29, 1.82) is 0 Å². The highest BCUT2D eigenvalue weighted by atomic mass is 16.7. The van der Waals surface area contributed by atoms with E-state index in [0.29, 0.717) is 24.2 Å². The molecule has 0 bridgehead atoms. The molecule has 1 aliphatic heterocycles. The van der Waals surface area contributed by atoms with E-state index in [1.165, 1.54) is 6.08 Å². The van der Waals surface area contributed by atoms with Gasteiger partial charge in [0.05, 0.1) is 17.2 Å². The average Bonchev–Trinajstić information content (AvgIpc) is 2.97. The van der Waals surface area contributed by atoms with Gasteiger partial charge >= 0.3 is 6.16 Å². The number of carbonyl (C=O) groups excluding carboxylic acids is 2. The lowest BCUT2D eigenvalue weighted by atomic mass is 9.78. The van der Waals surface area contributed by atoms with Crippen LogP contribution < -0.4 is 5.32 Å². The molecule has 1 saturated carbocycles. The predicted octanol–water partition coefficient (Wildman–Crippen LogP) is 4.37. The number of hydrogen-bond acceptors (Lipinski definition) is 5. The van der Waals surface area contributed by atoms with Crippen molar-refractivity contribution < 1.29 is 23.8 Å². The molecule has 0 unspecified atom stereocenters. The minimum atomic E-state index is -0.824. The number of amides is 1. The van der Waals surface area contributed by atoms with E-state index in [1.807, 2.05) is 13.8 Å². The Balaban J connectivity index is 2.13. The minimum Gasteiger partial charge on any atom is -0.430 e. The van der Waals surface area contributed by atoms with Gasteiger partial charge in [0.1, 0.15) is 12.4 Å². The molecule has 1 fully saturated rings. The second-order valence-corrected chi connectivity index (χ2v) is 8.10. The average molecular weight is 414 g/mol. The highest BCUT2D eigenvalue weighted by Crippen LogP contribution is 2.45. The van der Waals surface area contributed by atoms with Crippen molar-refractivity contribution in [3.63, 3.8) is 0 Å². The van der Waals surface area contributed by atoms with Crippen LogP contribution in [0.5, 0.6) is 0 Å². The third kappa shape index (κ3) is 4.15. The van der Waals surface area contributed by atoms with Crippen LogP contribution in [0.25, 0.3) is 5.57 Å². The lowest BCUT2D eigenvalue weighted by molar-refractivity contribution is -0.116. The second-order valence-electron chi connectivity index (χ2n) is 8.10. The van der Waals surface area contributed by atoms with E-state index in [1.54, 1.807) is 7.11 Å². The first-order valence-electron chi connectivity index (χ1n) is 10.5. The monoisotopic (exact) mass is 413 g/mol. The minimum absolute atomic E-state index is 0.0470. The molecule has 3 rings (SSSR count). The molecule has 30 heavy (non-hydrogen) atoms. The summed E-state index contributed by atoms with van der Waals surface area (Å²) in [6.45, 7) is 9.69. The van der Waals surface area contributed by atoms with Gasteiger partial charge in [-0.05, 0) is 62.6 Å². The molecule has 162 valence electrons. The van der Waals surface area contributed by atoms with E-state index >= 15 is 0 Å². The van der Waals surface area contributed by atoms with Gasteiger partial charge in [-0.15, -0.1) is 0 Å². The van der Waals surface area contributed by atoms with Crippen LogP contribution in [0.3, 0.4) is 0 Å². The van der Waals surface area contributed by atoms with Crippen LogP contribution in [-0.2, 0) is 25.4 Å². The molecule has 1 heterocycles. The Hall–Kier alpha value is -2.60. The van der Waals surface area contributed by atoms with Gasteiger partial charge in [-0.25, -0.2) is 4.79 Å². The Labute approximate surface area is 178 Å². The number of hydrogen-bond donors (Lipinski definition) is 1. The van der Waals surface area contributed by atoms with Gasteiger partial charge in [-0.1, -0.05) is 37.3 Å². The highest BCUT2D eigenvalue weighted by molar-refractivity contribution is 6.24. The molecule has 2 aliphatic rings. The van der Waals surface area contributed by atoms with Crippen molar-refractivity contribution >= 4 is 17.6 Å². The standard InChI is InChI=1S/C24H31NO5/c1-6-12-29-23(27)30-21-20(19-16(4)13-15(3)14-17(19)7-2)22(26)25-24(21)10-8-18(28-5)9-11-24/h6,13-14,18H,1,7-12H2,2-5H3,(H,25,26). The molecule has 0 atom stereocenters. The number of aryl methyl sites for hydroxylation is 3. The summed E-state index contributed by atoms with van der Waals surface area (Å²) in [6.07, 6.45) is 4.37. The smallest absolute Gasteiger partial charge is 0.430 e. The first-order chi connectivity index (χ1) is 14.3. The summed E-state index contributed by atoms with van der Waals surface area (Å²) in [5.41, 5.74) is 3.74. The number of benzene rings is 1. The molecular weight excluding hydrogens is 382 g/mol. The summed E-state index contributed by atoms with van der Waals surface area (Å²) < 4.78 is 16.3. The van der Waals surface area contributed by atoms with Crippen molar-refractivity contribution in [2.45, 2.75) is 64.5 Å². The number of methoxy groups -OCH3 is 1. The van der Waals surface area contributed by atoms with Gasteiger partial charge in [-0.3, -0.25) is 4.79 Å². The largest absolute Gasteiger partial charge is 0.513 e. The molecule has 1 spiro atoms. The third-order valence-electron chi connectivity index (χ3n) is 6.06. The van der Waals surface area contributed by atoms with Crippen molar-refractivity contribution in [2.75, 3.05) is 13.7 Å². The Kier molecular flexibility index (Phi) is 6.66. The normalized spacial score (nSPS) is 23.5. The molecule has 1 N–H and O–H groups in total. The van der Waals surface area contributed by atoms with E-state index in [0.717, 1.165) is 41.5 Å². The molecule has 0 aromatic heterocycles. The quantitative estimate of drug-likeness (QED) is 0.554. The number of ether oxygens (including phenoxy) is 3. The van der Waals surface area contributed by atoms with Crippen molar-refractivity contribution in [2.24, 2.45) is 0 Å². The lowest BCUT2D eigenvalue weighted by Crippen LogP contribution is -2.49. The van der Waals surface area contributed by atoms with Gasteiger partial charge in [0, 0.05) is 7.11 Å². The molecule has 0 saturated heterocycles. The van der Waals surface area contributed by atoms with Gasteiger partial charge in [0.15, 0.2) is 0 Å². The van der Waals surface area contributed by atoms with Crippen molar-refractivity contribution in [3.05, 3.63) is 52.8 Å². The fraction of sp³-hybridized carbons (Fsp3) is 0.500. The maximum Gasteiger partial charge on any atom is 0.513 e. The number of carbonyl (C=O) groups is 2. The van der Waals surface area contributed by atoms with Crippen LogP contribution in [-0.4, -0.2) is 37.4 Å². The maximum atomic E-state index is 13.3. The fourth-order valence-corrected chi connectivity index (χ4v) is 4.66. The fourth-order valence-electron chi connectivity index (χ4n) is 4.66. The van der Waals surface area contributed by atoms with Crippen LogP contribution >= 0.6 is 0 Å². The van der Waals surface area contributed by atoms with Crippen molar-refractivity contribution in [3.8, 4) is 0 Å². The SMILES string of the molecule is C=CCOC(=O)OC1=C(c2c(C)cc(C)cc2CC)C(=O)NC12CCC(OC)CC2. The molecule has 1 aromatic rings.